The van der Waals surface area contributed by atoms with E-state index in [4.69, 9.17) is 4.74 Å². The SMILES string of the molecule is CCOc1ccc(NC(=O)C(=O)NCCc2c[nH]c3ccccc23)cc1. The van der Waals surface area contributed by atoms with Crippen molar-refractivity contribution in [3.8, 4) is 5.75 Å². The number of anilines is 1. The molecule has 134 valence electrons. The van der Waals surface area contributed by atoms with E-state index >= 15 is 0 Å². The lowest BCUT2D eigenvalue weighted by molar-refractivity contribution is -0.136. The van der Waals surface area contributed by atoms with Gasteiger partial charge in [0.25, 0.3) is 0 Å². The van der Waals surface area contributed by atoms with Crippen molar-refractivity contribution in [2.45, 2.75) is 13.3 Å². The van der Waals surface area contributed by atoms with Gasteiger partial charge in [0, 0.05) is 29.3 Å². The Bertz CT molecular complexity index is 900. The van der Waals surface area contributed by atoms with Crippen LogP contribution in [0.1, 0.15) is 12.5 Å². The minimum atomic E-state index is -0.687. The minimum absolute atomic E-state index is 0.386. The third-order valence-electron chi connectivity index (χ3n) is 3.98. The van der Waals surface area contributed by atoms with Crippen LogP contribution in [0.5, 0.6) is 5.75 Å². The topological polar surface area (TPSA) is 83.2 Å². The lowest BCUT2D eigenvalue weighted by Gasteiger charge is -2.07. The number of ether oxygens (including phenoxy) is 1. The summed E-state index contributed by atoms with van der Waals surface area (Å²) in [7, 11) is 0. The van der Waals surface area contributed by atoms with Gasteiger partial charge in [0.2, 0.25) is 0 Å². The van der Waals surface area contributed by atoms with Crippen LogP contribution in [-0.4, -0.2) is 29.9 Å². The van der Waals surface area contributed by atoms with Crippen LogP contribution in [0.2, 0.25) is 0 Å². The Morgan fingerprint density at radius 2 is 1.81 bits per heavy atom. The number of H-pyrrole nitrogens is 1. The van der Waals surface area contributed by atoms with Crippen LogP contribution in [0.4, 0.5) is 5.69 Å². The Balaban J connectivity index is 1.49. The van der Waals surface area contributed by atoms with Crippen LogP contribution >= 0.6 is 0 Å². The first kappa shape index (κ1) is 17.5. The van der Waals surface area contributed by atoms with Crippen molar-refractivity contribution in [3.05, 3.63) is 60.3 Å². The van der Waals surface area contributed by atoms with E-state index in [0.717, 1.165) is 16.5 Å². The summed E-state index contributed by atoms with van der Waals surface area (Å²) in [6.45, 7) is 2.86. The number of nitrogens with one attached hydrogen (secondary N) is 3. The van der Waals surface area contributed by atoms with Crippen LogP contribution in [0.15, 0.2) is 54.7 Å². The summed E-state index contributed by atoms with van der Waals surface area (Å²) in [6.07, 6.45) is 2.57. The maximum absolute atomic E-state index is 12.0. The van der Waals surface area contributed by atoms with E-state index < -0.39 is 11.8 Å². The van der Waals surface area contributed by atoms with E-state index in [0.29, 0.717) is 31.0 Å². The molecule has 0 spiro atoms. The van der Waals surface area contributed by atoms with E-state index in [1.807, 2.05) is 37.4 Å². The first-order chi connectivity index (χ1) is 12.7. The number of carbonyl (C=O) groups is 2. The molecule has 2 aromatic carbocycles. The van der Waals surface area contributed by atoms with Crippen molar-refractivity contribution in [1.29, 1.82) is 0 Å². The normalized spacial score (nSPS) is 10.5. The average molecular weight is 351 g/mol. The number of para-hydroxylation sites is 1. The maximum Gasteiger partial charge on any atom is 0.313 e. The van der Waals surface area contributed by atoms with Crippen LogP contribution in [-0.2, 0) is 16.0 Å². The molecule has 6 nitrogen and oxygen atoms in total. The number of benzene rings is 2. The largest absolute Gasteiger partial charge is 0.494 e. The molecule has 0 bridgehead atoms. The molecule has 3 aromatic rings. The van der Waals surface area contributed by atoms with E-state index in [1.54, 1.807) is 24.3 Å². The predicted molar refractivity (Wildman–Crippen MR) is 101 cm³/mol. The molecular formula is C20H21N3O3. The minimum Gasteiger partial charge on any atom is -0.494 e. The third kappa shape index (κ3) is 4.22. The smallest absolute Gasteiger partial charge is 0.313 e. The van der Waals surface area contributed by atoms with Gasteiger partial charge in [0.15, 0.2) is 0 Å². The molecule has 3 rings (SSSR count). The fourth-order valence-electron chi connectivity index (χ4n) is 2.72. The highest BCUT2D eigenvalue weighted by Crippen LogP contribution is 2.18. The zero-order chi connectivity index (χ0) is 18.4. The number of rotatable bonds is 6. The number of carbonyl (C=O) groups excluding carboxylic acids is 2. The van der Waals surface area contributed by atoms with Gasteiger partial charge in [-0.1, -0.05) is 18.2 Å². The maximum atomic E-state index is 12.0. The molecule has 26 heavy (non-hydrogen) atoms. The first-order valence-corrected chi connectivity index (χ1v) is 8.54. The van der Waals surface area contributed by atoms with E-state index in [9.17, 15) is 9.59 Å². The molecule has 1 heterocycles. The van der Waals surface area contributed by atoms with E-state index in [-0.39, 0.29) is 0 Å². The van der Waals surface area contributed by atoms with Crippen molar-refractivity contribution in [2.24, 2.45) is 0 Å². The number of hydrogen-bond acceptors (Lipinski definition) is 3. The molecule has 0 saturated heterocycles. The first-order valence-electron chi connectivity index (χ1n) is 8.54. The monoisotopic (exact) mass is 351 g/mol. The quantitative estimate of drug-likeness (QED) is 0.597. The molecule has 0 atom stereocenters. The summed E-state index contributed by atoms with van der Waals surface area (Å²) in [4.78, 5) is 27.1. The van der Waals surface area contributed by atoms with Crippen LogP contribution in [0.3, 0.4) is 0 Å². The molecule has 6 heteroatoms. The van der Waals surface area contributed by atoms with Crippen LogP contribution in [0, 0.1) is 0 Å². The number of hydrogen-bond donors (Lipinski definition) is 3. The van der Waals surface area contributed by atoms with Gasteiger partial charge in [-0.15, -0.1) is 0 Å². The highest BCUT2D eigenvalue weighted by atomic mass is 16.5. The third-order valence-corrected chi connectivity index (χ3v) is 3.98. The summed E-state index contributed by atoms with van der Waals surface area (Å²) in [5, 5.41) is 6.34. The number of amides is 2. The summed E-state index contributed by atoms with van der Waals surface area (Å²) >= 11 is 0. The van der Waals surface area contributed by atoms with Gasteiger partial charge in [-0.05, 0) is 49.2 Å². The summed E-state index contributed by atoms with van der Waals surface area (Å²) < 4.78 is 5.34. The standard InChI is InChI=1S/C20H21N3O3/c1-2-26-16-9-7-15(8-10-16)23-20(25)19(24)21-12-11-14-13-22-18-6-4-3-5-17(14)18/h3-10,13,22H,2,11-12H2,1H3,(H,21,24)(H,23,25). The summed E-state index contributed by atoms with van der Waals surface area (Å²) in [5.74, 6) is -0.625. The zero-order valence-corrected chi connectivity index (χ0v) is 14.5. The van der Waals surface area contributed by atoms with Crippen molar-refractivity contribution < 1.29 is 14.3 Å². The molecule has 2 amide bonds. The second-order valence-electron chi connectivity index (χ2n) is 5.78. The fraction of sp³-hybridized carbons (Fsp3) is 0.200. The van der Waals surface area contributed by atoms with Gasteiger partial charge >= 0.3 is 11.8 Å². The van der Waals surface area contributed by atoms with E-state index in [1.165, 1.54) is 0 Å². The molecule has 1 aromatic heterocycles. The molecule has 3 N–H and O–H groups in total. The Morgan fingerprint density at radius 3 is 2.58 bits per heavy atom. The summed E-state index contributed by atoms with van der Waals surface area (Å²) in [5.41, 5.74) is 2.71. The molecule has 0 fully saturated rings. The zero-order valence-electron chi connectivity index (χ0n) is 14.5. The molecule has 0 radical (unpaired) electrons. The molecule has 0 aliphatic rings. The number of aromatic nitrogens is 1. The van der Waals surface area contributed by atoms with Gasteiger partial charge in [-0.3, -0.25) is 9.59 Å². The van der Waals surface area contributed by atoms with Crippen LogP contribution in [0.25, 0.3) is 10.9 Å². The van der Waals surface area contributed by atoms with Crippen molar-refractivity contribution in [3.63, 3.8) is 0 Å². The molecular weight excluding hydrogens is 330 g/mol. The Labute approximate surface area is 151 Å². The highest BCUT2D eigenvalue weighted by molar-refractivity contribution is 6.39. The number of fused-ring (bicyclic) bond motifs is 1. The molecule has 0 unspecified atom stereocenters. The van der Waals surface area contributed by atoms with Gasteiger partial charge in [-0.25, -0.2) is 0 Å². The number of aromatic amines is 1. The van der Waals surface area contributed by atoms with Gasteiger partial charge in [0.1, 0.15) is 5.75 Å². The summed E-state index contributed by atoms with van der Waals surface area (Å²) in [6, 6.07) is 14.9. The van der Waals surface area contributed by atoms with Crippen LogP contribution < -0.4 is 15.4 Å². The van der Waals surface area contributed by atoms with Crippen molar-refractivity contribution in [1.82, 2.24) is 10.3 Å². The second-order valence-corrected chi connectivity index (χ2v) is 5.78. The lowest BCUT2D eigenvalue weighted by Crippen LogP contribution is -2.36. The fourth-order valence-corrected chi connectivity index (χ4v) is 2.72. The van der Waals surface area contributed by atoms with Crippen molar-refractivity contribution >= 4 is 28.4 Å². The molecule has 0 saturated carbocycles. The van der Waals surface area contributed by atoms with Gasteiger partial charge in [0.05, 0.1) is 6.61 Å². The lowest BCUT2D eigenvalue weighted by atomic mass is 10.1. The van der Waals surface area contributed by atoms with Crippen molar-refractivity contribution in [2.75, 3.05) is 18.5 Å². The van der Waals surface area contributed by atoms with E-state index in [2.05, 4.69) is 15.6 Å². The Kier molecular flexibility index (Phi) is 5.53. The Hall–Kier alpha value is -3.28. The average Bonchev–Trinajstić information content (AvgIpc) is 3.07. The highest BCUT2D eigenvalue weighted by Gasteiger charge is 2.13. The van der Waals surface area contributed by atoms with Gasteiger partial charge in [-0.2, -0.15) is 0 Å². The second kappa shape index (κ2) is 8.20. The van der Waals surface area contributed by atoms with Gasteiger partial charge < -0.3 is 20.4 Å². The predicted octanol–water partition coefficient (Wildman–Crippen LogP) is 2.86. The Morgan fingerprint density at radius 1 is 1.04 bits per heavy atom. The molecule has 0 aliphatic carbocycles. The molecule has 0 aliphatic heterocycles.